The smallest absolute Gasteiger partial charge is 0.177 e. The van der Waals surface area contributed by atoms with E-state index in [9.17, 15) is 0 Å². The van der Waals surface area contributed by atoms with E-state index in [1.165, 1.54) is 31.4 Å². The summed E-state index contributed by atoms with van der Waals surface area (Å²) in [6, 6.07) is 0. The van der Waals surface area contributed by atoms with Crippen LogP contribution >= 0.6 is 12.2 Å². The molecular formula is C15H28N2S. The van der Waals surface area contributed by atoms with Crippen LogP contribution in [0.2, 0.25) is 0 Å². The highest BCUT2D eigenvalue weighted by molar-refractivity contribution is 7.71. The monoisotopic (exact) mass is 268 g/mol. The van der Waals surface area contributed by atoms with Crippen LogP contribution in [0.25, 0.3) is 0 Å². The Morgan fingerprint density at radius 3 is 2.50 bits per heavy atom. The van der Waals surface area contributed by atoms with Gasteiger partial charge in [-0.2, -0.15) is 0 Å². The van der Waals surface area contributed by atoms with E-state index in [2.05, 4.69) is 50.4 Å². The van der Waals surface area contributed by atoms with Crippen LogP contribution < -0.4 is 0 Å². The Bertz CT molecular complexity index is 409. The molecule has 0 aromatic carbocycles. The zero-order valence-corrected chi connectivity index (χ0v) is 13.4. The molecule has 0 amide bonds. The fraction of sp³-hybridized carbons (Fsp3) is 0.800. The average Bonchev–Trinajstić information content (AvgIpc) is 2.65. The molecule has 0 aliphatic carbocycles. The maximum Gasteiger partial charge on any atom is 0.177 e. The molecule has 0 bridgehead atoms. The Morgan fingerprint density at radius 1 is 1.33 bits per heavy atom. The molecule has 104 valence electrons. The number of unbranched alkanes of at least 4 members (excludes halogenated alkanes) is 1. The minimum Gasteiger partial charge on any atom is -0.337 e. The van der Waals surface area contributed by atoms with Crippen LogP contribution in [0.15, 0.2) is 6.20 Å². The molecule has 0 radical (unpaired) electrons. The number of rotatable bonds is 6. The number of nitrogens with zero attached hydrogens (tertiary/aromatic N) is 1. The molecule has 0 aliphatic heterocycles. The first-order valence-electron chi connectivity index (χ1n) is 7.18. The van der Waals surface area contributed by atoms with Crippen LogP contribution in [0, 0.1) is 10.7 Å². The van der Waals surface area contributed by atoms with Gasteiger partial charge < -0.3 is 9.55 Å². The van der Waals surface area contributed by atoms with E-state index in [0.717, 1.165) is 17.2 Å². The highest BCUT2D eigenvalue weighted by Crippen LogP contribution is 2.24. The first-order chi connectivity index (χ1) is 8.40. The molecule has 1 unspecified atom stereocenters. The lowest BCUT2D eigenvalue weighted by Crippen LogP contribution is -2.20. The van der Waals surface area contributed by atoms with Crippen molar-refractivity contribution in [3.8, 4) is 0 Å². The van der Waals surface area contributed by atoms with Crippen molar-refractivity contribution < 1.29 is 0 Å². The molecule has 1 atom stereocenters. The second-order valence-corrected chi connectivity index (χ2v) is 6.64. The van der Waals surface area contributed by atoms with Crippen LogP contribution in [-0.4, -0.2) is 9.55 Å². The van der Waals surface area contributed by atoms with Crippen LogP contribution in [0.1, 0.15) is 66.0 Å². The van der Waals surface area contributed by atoms with E-state index >= 15 is 0 Å². The lowest BCUT2D eigenvalue weighted by molar-refractivity contribution is 0.371. The standard InChI is InChI=1S/C15H28N2S/c1-6-8-9-12(7-2)11-17-13(15(3,4)5)10-16-14(17)18/h10,12H,6-9,11H2,1-5H3,(H,16,18). The predicted octanol–water partition coefficient (Wildman–Crippen LogP) is 5.06. The van der Waals surface area contributed by atoms with E-state index < -0.39 is 0 Å². The average molecular weight is 268 g/mol. The molecule has 0 spiro atoms. The highest BCUT2D eigenvalue weighted by atomic mass is 32.1. The normalized spacial score (nSPS) is 13.8. The first-order valence-corrected chi connectivity index (χ1v) is 7.59. The maximum atomic E-state index is 5.43. The summed E-state index contributed by atoms with van der Waals surface area (Å²) in [4.78, 5) is 3.21. The summed E-state index contributed by atoms with van der Waals surface area (Å²) in [6.45, 7) is 12.3. The SMILES string of the molecule is CCCCC(CC)Cn1c(C(C)(C)C)c[nH]c1=S. The van der Waals surface area contributed by atoms with E-state index in [1.807, 2.05) is 0 Å². The van der Waals surface area contributed by atoms with Crippen LogP contribution in [0.5, 0.6) is 0 Å². The maximum absolute atomic E-state index is 5.43. The molecule has 0 fully saturated rings. The Labute approximate surface area is 117 Å². The lowest BCUT2D eigenvalue weighted by Gasteiger charge is -2.23. The van der Waals surface area contributed by atoms with Crippen molar-refractivity contribution in [2.75, 3.05) is 0 Å². The number of hydrogen-bond donors (Lipinski definition) is 1. The van der Waals surface area contributed by atoms with Crippen LogP contribution in [0.4, 0.5) is 0 Å². The first kappa shape index (κ1) is 15.5. The van der Waals surface area contributed by atoms with Crippen molar-refractivity contribution in [3.63, 3.8) is 0 Å². The third-order valence-corrected chi connectivity index (χ3v) is 3.96. The minimum absolute atomic E-state index is 0.149. The van der Waals surface area contributed by atoms with Gasteiger partial charge in [-0.25, -0.2) is 0 Å². The number of nitrogens with one attached hydrogen (secondary N) is 1. The fourth-order valence-electron chi connectivity index (χ4n) is 2.37. The van der Waals surface area contributed by atoms with Gasteiger partial charge in [-0.15, -0.1) is 0 Å². The van der Waals surface area contributed by atoms with Gasteiger partial charge >= 0.3 is 0 Å². The Morgan fingerprint density at radius 2 is 2.00 bits per heavy atom. The van der Waals surface area contributed by atoms with Crippen molar-refractivity contribution in [2.45, 2.75) is 72.3 Å². The number of aromatic nitrogens is 2. The van der Waals surface area contributed by atoms with Crippen molar-refractivity contribution in [3.05, 3.63) is 16.7 Å². The molecule has 1 heterocycles. The molecule has 1 N–H and O–H groups in total. The topological polar surface area (TPSA) is 20.7 Å². The Hall–Kier alpha value is -0.570. The highest BCUT2D eigenvalue weighted by Gasteiger charge is 2.20. The number of H-pyrrole nitrogens is 1. The van der Waals surface area contributed by atoms with Crippen LogP contribution in [0.3, 0.4) is 0 Å². The van der Waals surface area contributed by atoms with Crippen molar-refractivity contribution >= 4 is 12.2 Å². The van der Waals surface area contributed by atoms with Gasteiger partial charge in [0.2, 0.25) is 0 Å². The minimum atomic E-state index is 0.149. The largest absolute Gasteiger partial charge is 0.337 e. The van der Waals surface area contributed by atoms with Gasteiger partial charge in [-0.1, -0.05) is 53.9 Å². The van der Waals surface area contributed by atoms with Gasteiger partial charge in [0.1, 0.15) is 0 Å². The molecule has 0 saturated carbocycles. The van der Waals surface area contributed by atoms with Gasteiger partial charge in [0, 0.05) is 23.9 Å². The molecule has 1 aromatic rings. The van der Waals surface area contributed by atoms with Gasteiger partial charge in [-0.3, -0.25) is 0 Å². The summed E-state index contributed by atoms with van der Waals surface area (Å²) < 4.78 is 3.17. The molecule has 0 aliphatic rings. The van der Waals surface area contributed by atoms with E-state index in [-0.39, 0.29) is 5.41 Å². The van der Waals surface area contributed by atoms with Gasteiger partial charge in [-0.05, 0) is 24.6 Å². The summed E-state index contributed by atoms with van der Waals surface area (Å²) in [5, 5.41) is 0. The Balaban J connectivity index is 2.89. The van der Waals surface area contributed by atoms with Crippen LogP contribution in [-0.2, 0) is 12.0 Å². The van der Waals surface area contributed by atoms with Gasteiger partial charge in [0.25, 0.3) is 0 Å². The zero-order chi connectivity index (χ0) is 13.8. The quantitative estimate of drug-likeness (QED) is 0.715. The van der Waals surface area contributed by atoms with Crippen molar-refractivity contribution in [2.24, 2.45) is 5.92 Å². The van der Waals surface area contributed by atoms with Crippen molar-refractivity contribution in [1.82, 2.24) is 9.55 Å². The molecule has 1 aromatic heterocycles. The van der Waals surface area contributed by atoms with Gasteiger partial charge in [0.15, 0.2) is 4.77 Å². The molecule has 2 nitrogen and oxygen atoms in total. The molecule has 18 heavy (non-hydrogen) atoms. The zero-order valence-electron chi connectivity index (χ0n) is 12.5. The summed E-state index contributed by atoms with van der Waals surface area (Å²) >= 11 is 5.43. The van der Waals surface area contributed by atoms with Gasteiger partial charge in [0.05, 0.1) is 0 Å². The number of aromatic amines is 1. The summed E-state index contributed by atoms with van der Waals surface area (Å²) in [5.41, 5.74) is 1.47. The number of hydrogen-bond acceptors (Lipinski definition) is 1. The molecule has 1 rings (SSSR count). The summed E-state index contributed by atoms with van der Waals surface area (Å²) in [6.07, 6.45) is 7.22. The second kappa shape index (κ2) is 6.55. The summed E-state index contributed by atoms with van der Waals surface area (Å²) in [5.74, 6) is 0.744. The number of imidazole rings is 1. The molecule has 3 heteroatoms. The van der Waals surface area contributed by atoms with E-state index in [1.54, 1.807) is 0 Å². The Kier molecular flexibility index (Phi) is 5.64. The van der Waals surface area contributed by atoms with E-state index in [0.29, 0.717) is 0 Å². The summed E-state index contributed by atoms with van der Waals surface area (Å²) in [7, 11) is 0. The second-order valence-electron chi connectivity index (χ2n) is 6.26. The van der Waals surface area contributed by atoms with E-state index in [4.69, 9.17) is 12.2 Å². The molecular weight excluding hydrogens is 240 g/mol. The predicted molar refractivity (Wildman–Crippen MR) is 81.6 cm³/mol. The van der Waals surface area contributed by atoms with Crippen molar-refractivity contribution in [1.29, 1.82) is 0 Å². The third-order valence-electron chi connectivity index (χ3n) is 3.62. The molecule has 0 saturated heterocycles. The third kappa shape index (κ3) is 3.98. The lowest BCUT2D eigenvalue weighted by atomic mass is 9.92. The fourth-order valence-corrected chi connectivity index (χ4v) is 2.61.